The average Bonchev–Trinajstić information content (AvgIpc) is 2.60. The molecule has 3 aromatic carbocycles. The summed E-state index contributed by atoms with van der Waals surface area (Å²) in [6.07, 6.45) is 0.973. The lowest BCUT2D eigenvalue weighted by Crippen LogP contribution is -2.23. The third-order valence-corrected chi connectivity index (χ3v) is 5.50. The van der Waals surface area contributed by atoms with Crippen LogP contribution in [-0.4, -0.2) is 7.05 Å². The van der Waals surface area contributed by atoms with Gasteiger partial charge in [-0.25, -0.2) is 0 Å². The standard InChI is InChI=1S/C23H21NS/c1-15-8-10-19-17(12-15)14-18-13-16(2)9-11-20(18)23(19)21-6-4-5-7-22(21)25-24-3/h4-13,24H,1,14H2,2-3H3. The van der Waals surface area contributed by atoms with Crippen molar-refractivity contribution in [2.75, 3.05) is 7.05 Å². The molecule has 1 N–H and O–H groups in total. The zero-order valence-corrected chi connectivity index (χ0v) is 15.4. The molecule has 0 radical (unpaired) electrons. The molecule has 1 nitrogen and oxygen atoms in total. The second kappa shape index (κ2) is 6.55. The van der Waals surface area contributed by atoms with E-state index >= 15 is 0 Å². The van der Waals surface area contributed by atoms with E-state index in [9.17, 15) is 0 Å². The number of rotatable bonds is 3. The van der Waals surface area contributed by atoms with Crippen LogP contribution in [0.15, 0.2) is 65.6 Å². The van der Waals surface area contributed by atoms with Crippen molar-refractivity contribution in [3.63, 3.8) is 0 Å². The second-order valence-corrected chi connectivity index (χ2v) is 7.56. The van der Waals surface area contributed by atoms with Crippen LogP contribution in [0.4, 0.5) is 0 Å². The molecule has 0 bridgehead atoms. The van der Waals surface area contributed by atoms with Crippen LogP contribution >= 0.6 is 11.9 Å². The van der Waals surface area contributed by atoms with Gasteiger partial charge in [-0.15, -0.1) is 0 Å². The molecule has 0 fully saturated rings. The first-order chi connectivity index (χ1) is 12.2. The van der Waals surface area contributed by atoms with Crippen molar-refractivity contribution in [2.24, 2.45) is 0 Å². The van der Waals surface area contributed by atoms with Gasteiger partial charge in [-0.2, -0.15) is 0 Å². The summed E-state index contributed by atoms with van der Waals surface area (Å²) in [4.78, 5) is 1.25. The van der Waals surface area contributed by atoms with Gasteiger partial charge in [0.2, 0.25) is 0 Å². The normalized spacial score (nSPS) is 12.6. The van der Waals surface area contributed by atoms with Crippen molar-refractivity contribution >= 4 is 24.1 Å². The summed E-state index contributed by atoms with van der Waals surface area (Å²) >= 11 is 1.67. The fraction of sp³-hybridized carbons (Fsp3) is 0.130. The first-order valence-corrected chi connectivity index (χ1v) is 9.34. The maximum Gasteiger partial charge on any atom is 0.0306 e. The Balaban J connectivity index is 2.10. The van der Waals surface area contributed by atoms with Crippen LogP contribution in [0.1, 0.15) is 27.8 Å². The molecule has 3 aromatic rings. The van der Waals surface area contributed by atoms with Crippen molar-refractivity contribution in [3.05, 3.63) is 98.9 Å². The molecule has 0 heterocycles. The fourth-order valence-corrected chi connectivity index (χ4v) is 4.31. The number of hydrogen-bond acceptors (Lipinski definition) is 2. The Morgan fingerprint density at radius 1 is 0.920 bits per heavy atom. The van der Waals surface area contributed by atoms with Gasteiger partial charge in [0.25, 0.3) is 0 Å². The first-order valence-electron chi connectivity index (χ1n) is 8.52. The quantitative estimate of drug-likeness (QED) is 0.568. The Bertz CT molecular complexity index is 1070. The van der Waals surface area contributed by atoms with Crippen LogP contribution in [0.3, 0.4) is 0 Å². The van der Waals surface area contributed by atoms with Crippen LogP contribution in [0.25, 0.3) is 12.2 Å². The second-order valence-electron chi connectivity index (χ2n) is 6.51. The Morgan fingerprint density at radius 3 is 2.60 bits per heavy atom. The van der Waals surface area contributed by atoms with Crippen LogP contribution in [0.2, 0.25) is 0 Å². The summed E-state index contributed by atoms with van der Waals surface area (Å²) in [5, 5.41) is 2.40. The minimum absolute atomic E-state index is 0.973. The number of hydrogen-bond donors (Lipinski definition) is 1. The summed E-state index contributed by atoms with van der Waals surface area (Å²) < 4.78 is 3.22. The largest absolute Gasteiger partial charge is 0.263 e. The Labute approximate surface area is 153 Å². The number of benzene rings is 3. The van der Waals surface area contributed by atoms with Gasteiger partial charge in [-0.05, 0) is 76.7 Å². The molecule has 0 spiro atoms. The summed E-state index contributed by atoms with van der Waals surface area (Å²) in [5.74, 6) is 0. The highest BCUT2D eigenvalue weighted by molar-refractivity contribution is 7.97. The van der Waals surface area contributed by atoms with Crippen LogP contribution < -0.4 is 15.2 Å². The molecule has 0 aromatic heterocycles. The van der Waals surface area contributed by atoms with E-state index in [2.05, 4.69) is 78.9 Å². The first kappa shape index (κ1) is 16.2. The van der Waals surface area contributed by atoms with Gasteiger partial charge in [0, 0.05) is 4.90 Å². The van der Waals surface area contributed by atoms with Gasteiger partial charge < -0.3 is 0 Å². The Morgan fingerprint density at radius 2 is 1.76 bits per heavy atom. The zero-order chi connectivity index (χ0) is 17.4. The van der Waals surface area contributed by atoms with Gasteiger partial charge >= 0.3 is 0 Å². The van der Waals surface area contributed by atoms with E-state index in [0.717, 1.165) is 11.6 Å². The van der Waals surface area contributed by atoms with E-state index in [-0.39, 0.29) is 0 Å². The van der Waals surface area contributed by atoms with E-state index in [1.54, 1.807) is 11.9 Å². The van der Waals surface area contributed by atoms with Crippen LogP contribution in [0, 0.1) is 6.92 Å². The Hall–Kier alpha value is -2.29. The number of fused-ring (bicyclic) bond motifs is 2. The van der Waals surface area contributed by atoms with Crippen molar-refractivity contribution in [1.82, 2.24) is 4.72 Å². The molecule has 0 aliphatic heterocycles. The van der Waals surface area contributed by atoms with Gasteiger partial charge in [0.05, 0.1) is 0 Å². The van der Waals surface area contributed by atoms with Crippen molar-refractivity contribution in [1.29, 1.82) is 0 Å². The zero-order valence-electron chi connectivity index (χ0n) is 14.6. The predicted molar refractivity (Wildman–Crippen MR) is 108 cm³/mol. The molecule has 1 aliphatic carbocycles. The van der Waals surface area contributed by atoms with E-state index in [0.29, 0.717) is 0 Å². The van der Waals surface area contributed by atoms with E-state index < -0.39 is 0 Å². The SMILES string of the molecule is C=c1ccc2c(c1)Cc1cc(C)ccc1C=2c1ccccc1SNC. The summed E-state index contributed by atoms with van der Waals surface area (Å²) in [7, 11) is 1.97. The number of aryl methyl sites for hydroxylation is 1. The topological polar surface area (TPSA) is 12.0 Å². The highest BCUT2D eigenvalue weighted by atomic mass is 32.2. The molecular formula is C23H21NS. The summed E-state index contributed by atoms with van der Waals surface area (Å²) in [6.45, 7) is 6.29. The van der Waals surface area contributed by atoms with Crippen LogP contribution in [0.5, 0.6) is 0 Å². The fourth-order valence-electron chi connectivity index (χ4n) is 3.66. The Kier molecular flexibility index (Phi) is 4.24. The monoisotopic (exact) mass is 343 g/mol. The smallest absolute Gasteiger partial charge is 0.0306 e. The lowest BCUT2D eigenvalue weighted by Gasteiger charge is -2.22. The highest BCUT2D eigenvalue weighted by Crippen LogP contribution is 2.34. The van der Waals surface area contributed by atoms with E-state index in [1.807, 2.05) is 7.05 Å². The number of nitrogens with one attached hydrogen (secondary N) is 1. The van der Waals surface area contributed by atoms with Crippen LogP contribution in [-0.2, 0) is 6.42 Å². The van der Waals surface area contributed by atoms with Crippen molar-refractivity contribution in [3.8, 4) is 0 Å². The molecule has 0 amide bonds. The molecule has 1 aliphatic rings. The van der Waals surface area contributed by atoms with Gasteiger partial charge in [-0.3, -0.25) is 4.72 Å². The molecule has 0 atom stereocenters. The van der Waals surface area contributed by atoms with Crippen molar-refractivity contribution in [2.45, 2.75) is 18.2 Å². The van der Waals surface area contributed by atoms with Gasteiger partial charge in [0.15, 0.2) is 0 Å². The third-order valence-electron chi connectivity index (χ3n) is 4.72. The lowest BCUT2D eigenvalue weighted by atomic mass is 9.83. The average molecular weight is 343 g/mol. The van der Waals surface area contributed by atoms with Gasteiger partial charge in [0.1, 0.15) is 0 Å². The molecule has 25 heavy (non-hydrogen) atoms. The van der Waals surface area contributed by atoms with Gasteiger partial charge in [-0.1, -0.05) is 66.7 Å². The summed E-state index contributed by atoms with van der Waals surface area (Å²) in [6, 6.07) is 22.0. The highest BCUT2D eigenvalue weighted by Gasteiger charge is 2.20. The molecular weight excluding hydrogens is 322 g/mol. The molecule has 124 valence electrons. The van der Waals surface area contributed by atoms with E-state index in [4.69, 9.17) is 0 Å². The van der Waals surface area contributed by atoms with Crippen molar-refractivity contribution < 1.29 is 0 Å². The molecule has 2 heteroatoms. The third kappa shape index (κ3) is 2.92. The molecule has 4 rings (SSSR count). The minimum Gasteiger partial charge on any atom is -0.263 e. The minimum atomic E-state index is 0.973. The molecule has 0 saturated carbocycles. The summed E-state index contributed by atoms with van der Waals surface area (Å²) in [5.41, 5.74) is 8.03. The lowest BCUT2D eigenvalue weighted by molar-refractivity contribution is 1.11. The molecule has 0 unspecified atom stereocenters. The maximum absolute atomic E-state index is 4.12. The molecule has 0 saturated heterocycles. The maximum atomic E-state index is 4.12. The van der Waals surface area contributed by atoms with E-state index in [1.165, 1.54) is 43.5 Å². The predicted octanol–water partition coefficient (Wildman–Crippen LogP) is 3.78.